The molecule has 0 saturated heterocycles. The Morgan fingerprint density at radius 2 is 1.50 bits per heavy atom. The highest BCUT2D eigenvalue weighted by molar-refractivity contribution is 5.92. The van der Waals surface area contributed by atoms with E-state index in [1.54, 1.807) is 0 Å². The summed E-state index contributed by atoms with van der Waals surface area (Å²) in [4.78, 5) is 36.8. The number of carbonyl (C=O) groups is 3. The Morgan fingerprint density at radius 1 is 0.962 bits per heavy atom. The molecule has 2 unspecified atom stereocenters. The predicted molar refractivity (Wildman–Crippen MR) is 107 cm³/mol. The Kier molecular flexibility index (Phi) is 9.71. The molecule has 2 N–H and O–H groups in total. The lowest BCUT2D eigenvalue weighted by atomic mass is 9.77. The Hall–Kier alpha value is -1.23. The van der Waals surface area contributed by atoms with E-state index in [0.717, 1.165) is 0 Å². The third-order valence-electron chi connectivity index (χ3n) is 4.26. The first-order chi connectivity index (χ1) is 11.6. The van der Waals surface area contributed by atoms with Crippen LogP contribution in [0.5, 0.6) is 0 Å². The number of hydrogen-bond acceptors (Lipinski definition) is 4. The first-order valence-electron chi connectivity index (χ1n) is 9.74. The zero-order chi connectivity index (χ0) is 20.7. The van der Waals surface area contributed by atoms with Gasteiger partial charge in [-0.2, -0.15) is 0 Å². The van der Waals surface area contributed by atoms with Crippen molar-refractivity contribution in [3.63, 3.8) is 0 Å². The van der Waals surface area contributed by atoms with Crippen molar-refractivity contribution in [2.24, 2.45) is 17.3 Å². The van der Waals surface area contributed by atoms with Gasteiger partial charge in [-0.15, -0.1) is 0 Å². The molecule has 0 aromatic rings. The van der Waals surface area contributed by atoms with E-state index in [4.69, 9.17) is 0 Å². The number of ketones is 2. The molecule has 0 aliphatic heterocycles. The molecule has 0 aromatic heterocycles. The monoisotopic (exact) mass is 368 g/mol. The van der Waals surface area contributed by atoms with Crippen molar-refractivity contribution in [1.29, 1.82) is 0 Å². The quantitative estimate of drug-likeness (QED) is 0.579. The summed E-state index contributed by atoms with van der Waals surface area (Å²) in [5.41, 5.74) is -0.650. The summed E-state index contributed by atoms with van der Waals surface area (Å²) in [6, 6.07) is -0.263. The molecule has 152 valence electrons. The summed E-state index contributed by atoms with van der Waals surface area (Å²) < 4.78 is 0. The topological polar surface area (TPSA) is 75.3 Å². The zero-order valence-electron chi connectivity index (χ0n) is 18.3. The number of hydrogen-bond donors (Lipinski definition) is 2. The summed E-state index contributed by atoms with van der Waals surface area (Å²) in [5.74, 6) is -0.0104. The molecule has 0 radical (unpaired) electrons. The Morgan fingerprint density at radius 3 is 1.88 bits per heavy atom. The first kappa shape index (κ1) is 24.8. The Labute approximate surface area is 160 Å². The van der Waals surface area contributed by atoms with Crippen molar-refractivity contribution < 1.29 is 14.4 Å². The van der Waals surface area contributed by atoms with Crippen molar-refractivity contribution in [3.05, 3.63) is 0 Å². The smallest absolute Gasteiger partial charge is 0.216 e. The van der Waals surface area contributed by atoms with E-state index >= 15 is 0 Å². The van der Waals surface area contributed by atoms with Gasteiger partial charge in [0.25, 0.3) is 0 Å². The summed E-state index contributed by atoms with van der Waals surface area (Å²) in [5, 5.41) is 6.16. The van der Waals surface area contributed by atoms with Gasteiger partial charge in [-0.3, -0.25) is 14.4 Å². The van der Waals surface area contributed by atoms with Crippen molar-refractivity contribution in [1.82, 2.24) is 10.6 Å². The van der Waals surface area contributed by atoms with E-state index < -0.39 is 5.41 Å². The SMILES string of the molecule is CC(=O)NCCCC(CC(=O)C(NC(C)(C)C)C(C)C)C(=O)C(C)(C)C. The standard InChI is InChI=1S/C21H40N2O3/c1-14(2)18(23-21(7,8)9)17(25)13-16(19(26)20(4,5)6)11-10-12-22-15(3)24/h14,16,18,23H,10-13H2,1-9H3,(H,22,24). The lowest BCUT2D eigenvalue weighted by Gasteiger charge is -2.32. The van der Waals surface area contributed by atoms with Gasteiger partial charge in [0.05, 0.1) is 6.04 Å². The minimum absolute atomic E-state index is 0.0750. The highest BCUT2D eigenvalue weighted by atomic mass is 16.1. The van der Waals surface area contributed by atoms with E-state index in [2.05, 4.69) is 10.6 Å². The van der Waals surface area contributed by atoms with Crippen LogP contribution in [0.15, 0.2) is 0 Å². The van der Waals surface area contributed by atoms with Gasteiger partial charge in [-0.1, -0.05) is 34.6 Å². The third kappa shape index (κ3) is 10.0. The number of rotatable bonds is 10. The average molecular weight is 369 g/mol. The molecule has 5 nitrogen and oxygen atoms in total. The van der Waals surface area contributed by atoms with Crippen LogP contribution in [0.1, 0.15) is 81.6 Å². The maximum atomic E-state index is 13.0. The highest BCUT2D eigenvalue weighted by Gasteiger charge is 2.34. The second-order valence-corrected chi connectivity index (χ2v) is 9.72. The molecule has 0 fully saturated rings. The molecular weight excluding hydrogens is 328 g/mol. The molecule has 26 heavy (non-hydrogen) atoms. The van der Waals surface area contributed by atoms with Gasteiger partial charge in [0.15, 0.2) is 5.78 Å². The highest BCUT2D eigenvalue weighted by Crippen LogP contribution is 2.27. The van der Waals surface area contributed by atoms with Crippen LogP contribution >= 0.6 is 0 Å². The van der Waals surface area contributed by atoms with Crippen molar-refractivity contribution in [2.75, 3.05) is 6.54 Å². The summed E-state index contributed by atoms with van der Waals surface area (Å²) in [7, 11) is 0. The summed E-state index contributed by atoms with van der Waals surface area (Å²) >= 11 is 0. The van der Waals surface area contributed by atoms with Gasteiger partial charge in [-0.25, -0.2) is 0 Å². The predicted octanol–water partition coefficient (Wildman–Crippen LogP) is 3.51. The molecule has 0 aliphatic rings. The molecule has 0 bridgehead atoms. The average Bonchev–Trinajstić information content (AvgIpc) is 2.44. The molecule has 5 heteroatoms. The van der Waals surface area contributed by atoms with Crippen LogP contribution in [0.3, 0.4) is 0 Å². The van der Waals surface area contributed by atoms with Crippen molar-refractivity contribution in [2.45, 2.75) is 93.2 Å². The molecule has 0 saturated carbocycles. The van der Waals surface area contributed by atoms with Gasteiger partial charge in [0.2, 0.25) is 5.91 Å². The molecule has 1 amide bonds. The van der Waals surface area contributed by atoms with E-state index in [9.17, 15) is 14.4 Å². The van der Waals surface area contributed by atoms with E-state index in [1.807, 2.05) is 55.4 Å². The van der Waals surface area contributed by atoms with Crippen LogP contribution in [0, 0.1) is 17.3 Å². The largest absolute Gasteiger partial charge is 0.356 e. The lowest BCUT2D eigenvalue weighted by molar-refractivity contribution is -0.134. The Bertz CT molecular complexity index is 484. The van der Waals surface area contributed by atoms with Crippen LogP contribution in [0.2, 0.25) is 0 Å². The van der Waals surface area contributed by atoms with E-state index in [1.165, 1.54) is 6.92 Å². The van der Waals surface area contributed by atoms with Gasteiger partial charge in [-0.05, 0) is 39.5 Å². The second-order valence-electron chi connectivity index (χ2n) is 9.72. The Balaban J connectivity index is 5.14. The maximum Gasteiger partial charge on any atom is 0.216 e. The molecule has 0 aromatic carbocycles. The number of Topliss-reactive ketones (excluding diaryl/α,β-unsaturated/α-hetero) is 2. The molecule has 2 atom stereocenters. The van der Waals surface area contributed by atoms with Crippen LogP contribution in [-0.2, 0) is 14.4 Å². The zero-order valence-corrected chi connectivity index (χ0v) is 18.3. The molecule has 0 spiro atoms. The van der Waals surface area contributed by atoms with Gasteiger partial charge in [0, 0.05) is 36.8 Å². The lowest BCUT2D eigenvalue weighted by Crippen LogP contribution is -2.51. The van der Waals surface area contributed by atoms with Crippen LogP contribution < -0.4 is 10.6 Å². The fourth-order valence-corrected chi connectivity index (χ4v) is 3.01. The normalized spacial score (nSPS) is 14.8. The van der Waals surface area contributed by atoms with Crippen LogP contribution in [-0.4, -0.2) is 35.6 Å². The summed E-state index contributed by atoms with van der Waals surface area (Å²) in [6.07, 6.45) is 1.56. The van der Waals surface area contributed by atoms with E-state index in [0.29, 0.717) is 19.4 Å². The third-order valence-corrected chi connectivity index (χ3v) is 4.26. The second kappa shape index (κ2) is 10.2. The maximum absolute atomic E-state index is 13.0. The summed E-state index contributed by atoms with van der Waals surface area (Å²) in [6.45, 7) is 17.9. The van der Waals surface area contributed by atoms with Crippen molar-refractivity contribution >= 4 is 17.5 Å². The number of nitrogens with one attached hydrogen (secondary N) is 2. The van der Waals surface area contributed by atoms with Crippen LogP contribution in [0.4, 0.5) is 0 Å². The van der Waals surface area contributed by atoms with Gasteiger partial charge < -0.3 is 10.6 Å². The van der Waals surface area contributed by atoms with Gasteiger partial charge >= 0.3 is 0 Å². The molecule has 0 aliphatic carbocycles. The molecular formula is C21H40N2O3. The van der Waals surface area contributed by atoms with Gasteiger partial charge in [0.1, 0.15) is 5.78 Å². The number of carbonyl (C=O) groups excluding carboxylic acids is 3. The minimum atomic E-state index is -0.482. The van der Waals surface area contributed by atoms with E-state index in [-0.39, 0.29) is 47.3 Å². The minimum Gasteiger partial charge on any atom is -0.356 e. The van der Waals surface area contributed by atoms with Crippen molar-refractivity contribution in [3.8, 4) is 0 Å². The fourth-order valence-electron chi connectivity index (χ4n) is 3.01. The number of amides is 1. The molecule has 0 rings (SSSR count). The van der Waals surface area contributed by atoms with Crippen LogP contribution in [0.25, 0.3) is 0 Å². The fraction of sp³-hybridized carbons (Fsp3) is 0.857. The molecule has 0 heterocycles. The first-order valence-corrected chi connectivity index (χ1v) is 9.74.